The van der Waals surface area contributed by atoms with Gasteiger partial charge in [-0.05, 0) is 66.9 Å². The van der Waals surface area contributed by atoms with Crippen molar-refractivity contribution in [2.24, 2.45) is 5.73 Å². The summed E-state index contributed by atoms with van der Waals surface area (Å²) in [7, 11) is -4.03. The minimum atomic E-state index is -4.03. The molecule has 0 bridgehead atoms. The zero-order chi connectivity index (χ0) is 27.9. The summed E-state index contributed by atoms with van der Waals surface area (Å²) in [6.45, 7) is 1.11. The van der Waals surface area contributed by atoms with Gasteiger partial charge in [0.2, 0.25) is 5.91 Å². The molecule has 0 spiro atoms. The molecule has 1 aliphatic rings. The van der Waals surface area contributed by atoms with E-state index in [1.165, 1.54) is 28.9 Å². The molecule has 40 heavy (non-hydrogen) atoms. The van der Waals surface area contributed by atoms with Crippen LogP contribution in [-0.2, 0) is 27.7 Å². The van der Waals surface area contributed by atoms with Crippen LogP contribution in [0.3, 0.4) is 0 Å². The number of sulfonamides is 1. The minimum absolute atomic E-state index is 0. The number of nitrogens with one attached hydrogen (secondary N) is 2. The standard InChI is InChI=1S/C27H22ClN5O5S.Cs/c1-15(34)32-39(37,38)19-11-9-18(10-12-19)33-25-21(24(31-33)26(29)35)13-7-16-6-8-17(14-22(16)25)30-27(36)20-4-2-3-5-23(20)28;/h2-6,8-12,14H,7,13H2,1H3,(H2,29,35)(H,30,36)(H,32,34);/q;+1. The Morgan fingerprint density at radius 2 is 1.70 bits per heavy atom. The van der Waals surface area contributed by atoms with Crippen LogP contribution in [0.25, 0.3) is 16.9 Å². The average molecular weight is 697 g/mol. The number of primary amides is 1. The van der Waals surface area contributed by atoms with Crippen LogP contribution in [0.15, 0.2) is 71.6 Å². The molecule has 0 unspecified atom stereocenters. The first-order valence-corrected chi connectivity index (χ1v) is 13.7. The van der Waals surface area contributed by atoms with Crippen molar-refractivity contribution in [1.29, 1.82) is 0 Å². The van der Waals surface area contributed by atoms with E-state index < -0.39 is 21.8 Å². The van der Waals surface area contributed by atoms with Gasteiger partial charge in [-0.25, -0.2) is 17.8 Å². The first-order chi connectivity index (χ1) is 18.5. The van der Waals surface area contributed by atoms with Gasteiger partial charge in [0.15, 0.2) is 5.69 Å². The molecular weight excluding hydrogens is 675 g/mol. The maximum atomic E-state index is 12.9. The van der Waals surface area contributed by atoms with Crippen molar-refractivity contribution in [1.82, 2.24) is 14.5 Å². The van der Waals surface area contributed by atoms with Crippen LogP contribution in [0.2, 0.25) is 5.02 Å². The number of anilines is 1. The molecule has 0 atom stereocenters. The number of aromatic nitrogens is 2. The second-order valence-corrected chi connectivity index (χ2v) is 11.0. The van der Waals surface area contributed by atoms with Crippen molar-refractivity contribution in [3.8, 4) is 16.9 Å². The Balaban J connectivity index is 0.00000370. The third-order valence-corrected chi connectivity index (χ3v) is 8.05. The molecule has 0 fully saturated rings. The number of benzene rings is 3. The number of halogens is 1. The van der Waals surface area contributed by atoms with Gasteiger partial charge in [0.25, 0.3) is 21.8 Å². The molecule has 13 heteroatoms. The molecule has 0 aliphatic heterocycles. The summed E-state index contributed by atoms with van der Waals surface area (Å²) in [6, 6.07) is 17.9. The molecule has 0 saturated carbocycles. The number of nitrogens with two attached hydrogens (primary N) is 1. The minimum Gasteiger partial charge on any atom is -0.364 e. The van der Waals surface area contributed by atoms with Crippen molar-refractivity contribution in [2.45, 2.75) is 24.7 Å². The monoisotopic (exact) mass is 696 g/mol. The third kappa shape index (κ3) is 6.09. The van der Waals surface area contributed by atoms with E-state index in [0.717, 1.165) is 18.1 Å². The fourth-order valence-corrected chi connectivity index (χ4v) is 5.77. The molecule has 198 valence electrons. The molecule has 5 rings (SSSR count). The van der Waals surface area contributed by atoms with Crippen LogP contribution in [0.4, 0.5) is 5.69 Å². The number of nitrogens with zero attached hydrogens (tertiary/aromatic N) is 2. The molecule has 3 aromatic carbocycles. The third-order valence-electron chi connectivity index (χ3n) is 6.27. The van der Waals surface area contributed by atoms with Gasteiger partial charge in [0, 0.05) is 23.7 Å². The van der Waals surface area contributed by atoms with Gasteiger partial charge in [-0.2, -0.15) is 5.10 Å². The molecule has 1 heterocycles. The SMILES string of the molecule is CC(=O)NS(=O)(=O)c1ccc(-n2nc(C(N)=O)c3c2-c2cc(NC(=O)c4ccccc4Cl)ccc2CC3)cc1.[Cs+]. The van der Waals surface area contributed by atoms with Gasteiger partial charge in [-0.3, -0.25) is 14.4 Å². The number of carbonyl (C=O) groups excluding carboxylic acids is 3. The molecule has 0 saturated heterocycles. The number of hydrogen-bond acceptors (Lipinski definition) is 6. The van der Waals surface area contributed by atoms with E-state index in [9.17, 15) is 22.8 Å². The van der Waals surface area contributed by atoms with Crippen molar-refractivity contribution < 1.29 is 91.7 Å². The van der Waals surface area contributed by atoms with Gasteiger partial charge in [0.05, 0.1) is 26.9 Å². The molecule has 4 aromatic rings. The van der Waals surface area contributed by atoms with Crippen LogP contribution in [0, 0.1) is 0 Å². The fourth-order valence-electron chi connectivity index (χ4n) is 4.56. The molecule has 0 radical (unpaired) electrons. The molecule has 1 aliphatic carbocycles. The van der Waals surface area contributed by atoms with Crippen LogP contribution < -0.4 is 84.7 Å². The Labute approximate surface area is 294 Å². The Kier molecular flexibility index (Phi) is 9.32. The first-order valence-electron chi connectivity index (χ1n) is 11.8. The van der Waals surface area contributed by atoms with Gasteiger partial charge in [-0.1, -0.05) is 29.8 Å². The van der Waals surface area contributed by atoms with Crippen LogP contribution >= 0.6 is 11.6 Å². The summed E-state index contributed by atoms with van der Waals surface area (Å²) in [4.78, 5) is 36.3. The number of fused-ring (bicyclic) bond motifs is 3. The van der Waals surface area contributed by atoms with Crippen LogP contribution in [-0.4, -0.2) is 35.9 Å². The van der Waals surface area contributed by atoms with Crippen LogP contribution in [0.5, 0.6) is 0 Å². The van der Waals surface area contributed by atoms with E-state index >= 15 is 0 Å². The van der Waals surface area contributed by atoms with Gasteiger partial charge in [0.1, 0.15) is 0 Å². The summed E-state index contributed by atoms with van der Waals surface area (Å²) < 4.78 is 28.2. The number of aryl methyl sites for hydroxylation is 1. The Morgan fingerprint density at radius 1 is 1.00 bits per heavy atom. The van der Waals surface area contributed by atoms with Gasteiger partial charge >= 0.3 is 68.9 Å². The van der Waals surface area contributed by atoms with E-state index in [0.29, 0.717) is 46.1 Å². The van der Waals surface area contributed by atoms with E-state index in [1.807, 2.05) is 10.8 Å². The zero-order valence-electron chi connectivity index (χ0n) is 21.6. The Hall–Kier alpha value is -2.43. The van der Waals surface area contributed by atoms with Crippen molar-refractivity contribution in [2.75, 3.05) is 5.32 Å². The predicted molar refractivity (Wildman–Crippen MR) is 145 cm³/mol. The summed E-state index contributed by atoms with van der Waals surface area (Å²) >= 11 is 6.18. The van der Waals surface area contributed by atoms with Crippen LogP contribution in [0.1, 0.15) is 38.9 Å². The number of hydrogen-bond donors (Lipinski definition) is 3. The second-order valence-electron chi connectivity index (χ2n) is 8.91. The predicted octanol–water partition coefficient (Wildman–Crippen LogP) is 0.471. The van der Waals surface area contributed by atoms with E-state index in [1.54, 1.807) is 36.4 Å². The smallest absolute Gasteiger partial charge is 0.364 e. The topological polar surface area (TPSA) is 153 Å². The Bertz CT molecular complexity index is 1770. The first kappa shape index (κ1) is 30.5. The fraction of sp³-hybridized carbons (Fsp3) is 0.111. The van der Waals surface area contributed by atoms with Gasteiger partial charge in [-0.15, -0.1) is 0 Å². The largest absolute Gasteiger partial charge is 1.00 e. The average Bonchev–Trinajstić information content (AvgIpc) is 3.29. The summed E-state index contributed by atoms with van der Waals surface area (Å²) in [5.41, 5.74) is 10.0. The summed E-state index contributed by atoms with van der Waals surface area (Å²) in [5, 5.41) is 7.65. The summed E-state index contributed by atoms with van der Waals surface area (Å²) in [5.74, 6) is -1.78. The number of carbonyl (C=O) groups is 3. The summed E-state index contributed by atoms with van der Waals surface area (Å²) in [6.07, 6.45) is 1.14. The zero-order valence-corrected chi connectivity index (χ0v) is 29.4. The molecular formula is C27H22ClCsN5O5S+. The van der Waals surface area contributed by atoms with Crippen molar-refractivity contribution in [3.63, 3.8) is 0 Å². The molecule has 4 N–H and O–H groups in total. The molecule has 10 nitrogen and oxygen atoms in total. The maximum absolute atomic E-state index is 12.9. The molecule has 1 aromatic heterocycles. The molecule has 3 amide bonds. The Morgan fingerprint density at radius 3 is 2.35 bits per heavy atom. The normalized spacial score (nSPS) is 11.9. The van der Waals surface area contributed by atoms with Crippen molar-refractivity contribution >= 4 is 45.0 Å². The quantitative estimate of drug-likeness (QED) is 0.267. The second kappa shape index (κ2) is 12.2. The van der Waals surface area contributed by atoms with E-state index in [4.69, 9.17) is 17.3 Å². The van der Waals surface area contributed by atoms with Gasteiger partial charge < -0.3 is 11.1 Å². The maximum Gasteiger partial charge on any atom is 1.00 e. The number of amides is 3. The van der Waals surface area contributed by atoms with E-state index in [-0.39, 0.29) is 85.4 Å². The van der Waals surface area contributed by atoms with E-state index in [2.05, 4.69) is 10.4 Å². The number of rotatable bonds is 6. The van der Waals surface area contributed by atoms with Crippen molar-refractivity contribution in [3.05, 3.63) is 94.1 Å².